The lowest BCUT2D eigenvalue weighted by Crippen LogP contribution is -2.45. The van der Waals surface area contributed by atoms with Crippen LogP contribution >= 0.6 is 0 Å². The van der Waals surface area contributed by atoms with E-state index in [9.17, 15) is 0 Å². The molecule has 20 heavy (non-hydrogen) atoms. The van der Waals surface area contributed by atoms with Gasteiger partial charge in [-0.15, -0.1) is 0 Å². The van der Waals surface area contributed by atoms with Gasteiger partial charge < -0.3 is 21.0 Å². The molecule has 2 rings (SSSR count). The van der Waals surface area contributed by atoms with E-state index in [4.69, 9.17) is 5.73 Å². The summed E-state index contributed by atoms with van der Waals surface area (Å²) in [6.45, 7) is 10.1. The molecular formula is C13H25N7. The van der Waals surface area contributed by atoms with Gasteiger partial charge in [-0.3, -0.25) is 0 Å². The van der Waals surface area contributed by atoms with Crippen molar-refractivity contribution < 1.29 is 0 Å². The van der Waals surface area contributed by atoms with Crippen molar-refractivity contribution in [3.63, 3.8) is 0 Å². The molecule has 4 N–H and O–H groups in total. The molecule has 0 aliphatic carbocycles. The van der Waals surface area contributed by atoms with Gasteiger partial charge in [-0.25, -0.2) is 15.4 Å². The van der Waals surface area contributed by atoms with Crippen molar-refractivity contribution in [3.8, 4) is 0 Å². The third-order valence-corrected chi connectivity index (χ3v) is 3.22. The number of nitrogens with zero attached hydrogens (tertiary/aromatic N) is 4. The zero-order valence-electron chi connectivity index (χ0n) is 12.8. The Morgan fingerprint density at radius 3 is 2.40 bits per heavy atom. The Morgan fingerprint density at radius 1 is 1.15 bits per heavy atom. The highest BCUT2D eigenvalue weighted by Crippen LogP contribution is 2.26. The predicted molar refractivity (Wildman–Crippen MR) is 82.7 cm³/mol. The van der Waals surface area contributed by atoms with Crippen LogP contribution in [0.4, 0.5) is 17.3 Å². The largest absolute Gasteiger partial charge is 0.393 e. The molecular weight excluding hydrogens is 254 g/mol. The summed E-state index contributed by atoms with van der Waals surface area (Å²) < 4.78 is 0. The van der Waals surface area contributed by atoms with E-state index in [1.807, 2.05) is 0 Å². The number of likely N-dealkylation sites (N-methyl/N-ethyl adjacent to an activating group) is 1. The van der Waals surface area contributed by atoms with E-state index in [2.05, 4.69) is 58.4 Å². The summed E-state index contributed by atoms with van der Waals surface area (Å²) in [5.41, 5.74) is 13.0. The first kappa shape index (κ1) is 14.8. The Labute approximate surface area is 120 Å². The number of hydrazine groups is 1. The monoisotopic (exact) mass is 279 g/mol. The van der Waals surface area contributed by atoms with Gasteiger partial charge in [-0.05, 0) is 27.8 Å². The molecule has 7 nitrogen and oxygen atoms in total. The predicted octanol–water partition coefficient (Wildman–Crippen LogP) is 0.526. The lowest BCUT2D eigenvalue weighted by atomic mass is 10.1. The molecule has 7 heteroatoms. The maximum atomic E-state index is 6.20. The number of piperazine rings is 1. The van der Waals surface area contributed by atoms with Crippen molar-refractivity contribution in [2.45, 2.75) is 26.3 Å². The quantitative estimate of drug-likeness (QED) is 0.696. The number of hydrogen-bond acceptors (Lipinski definition) is 7. The van der Waals surface area contributed by atoms with Crippen molar-refractivity contribution in [2.24, 2.45) is 0 Å². The van der Waals surface area contributed by atoms with Gasteiger partial charge in [0.15, 0.2) is 11.6 Å². The summed E-state index contributed by atoms with van der Waals surface area (Å²) in [6.07, 6.45) is 1.55. The van der Waals surface area contributed by atoms with Gasteiger partial charge >= 0.3 is 0 Å². The molecule has 1 fully saturated rings. The van der Waals surface area contributed by atoms with Crippen molar-refractivity contribution in [1.29, 1.82) is 0 Å². The van der Waals surface area contributed by atoms with Crippen molar-refractivity contribution in [1.82, 2.24) is 20.3 Å². The molecule has 1 aromatic heterocycles. The average Bonchev–Trinajstić information content (AvgIpc) is 2.38. The zero-order valence-corrected chi connectivity index (χ0v) is 12.8. The third-order valence-electron chi connectivity index (χ3n) is 3.22. The molecule has 0 radical (unpaired) electrons. The molecule has 0 saturated carbocycles. The highest BCUT2D eigenvalue weighted by Gasteiger charge is 2.20. The summed E-state index contributed by atoms with van der Waals surface area (Å²) in [5.74, 6) is 1.44. The molecule has 0 atom stereocenters. The van der Waals surface area contributed by atoms with E-state index in [0.717, 1.165) is 32.0 Å². The van der Waals surface area contributed by atoms with Gasteiger partial charge in [0.05, 0.1) is 0 Å². The smallest absolute Gasteiger partial charge is 0.169 e. The van der Waals surface area contributed by atoms with Crippen LogP contribution in [-0.2, 0) is 0 Å². The molecule has 0 unspecified atom stereocenters. The lowest BCUT2D eigenvalue weighted by molar-refractivity contribution is 0.312. The van der Waals surface area contributed by atoms with Gasteiger partial charge in [0, 0.05) is 31.7 Å². The fraction of sp³-hybridized carbons (Fsp3) is 0.692. The van der Waals surface area contributed by atoms with Crippen LogP contribution in [0.25, 0.3) is 0 Å². The third kappa shape index (κ3) is 3.71. The van der Waals surface area contributed by atoms with Gasteiger partial charge in [0.25, 0.3) is 0 Å². The van der Waals surface area contributed by atoms with Gasteiger partial charge in [-0.1, -0.05) is 0 Å². The van der Waals surface area contributed by atoms with Crippen LogP contribution in [0, 0.1) is 0 Å². The second-order valence-electron chi connectivity index (χ2n) is 6.25. The van der Waals surface area contributed by atoms with Crippen LogP contribution in [0.15, 0.2) is 6.33 Å². The summed E-state index contributed by atoms with van der Waals surface area (Å²) >= 11 is 0. The second-order valence-corrected chi connectivity index (χ2v) is 6.25. The van der Waals surface area contributed by atoms with E-state index in [1.165, 1.54) is 0 Å². The minimum absolute atomic E-state index is 0.0641. The first-order valence-corrected chi connectivity index (χ1v) is 6.94. The SMILES string of the molecule is CN1CCN(c2ncnc(NNC(C)(C)C)c2N)CC1. The second kappa shape index (κ2) is 5.80. The average molecular weight is 279 g/mol. The normalized spacial score (nSPS) is 17.3. The number of rotatable bonds is 3. The molecule has 0 spiro atoms. The van der Waals surface area contributed by atoms with Gasteiger partial charge in [0.1, 0.15) is 12.0 Å². The first-order valence-electron chi connectivity index (χ1n) is 6.94. The van der Waals surface area contributed by atoms with E-state index >= 15 is 0 Å². The highest BCUT2D eigenvalue weighted by atomic mass is 15.4. The molecule has 112 valence electrons. The highest BCUT2D eigenvalue weighted by molar-refractivity contribution is 5.74. The standard InChI is InChI=1S/C13H25N7/c1-13(2,3)18-17-11-10(14)12(16-9-15-11)20-7-5-19(4)6-8-20/h9,18H,5-8,14H2,1-4H3,(H,15,16,17). The molecule has 1 aromatic rings. The molecule has 0 bridgehead atoms. The molecule has 1 aliphatic heterocycles. The van der Waals surface area contributed by atoms with E-state index < -0.39 is 0 Å². The maximum absolute atomic E-state index is 6.20. The van der Waals surface area contributed by atoms with Crippen LogP contribution in [0.2, 0.25) is 0 Å². The van der Waals surface area contributed by atoms with Crippen LogP contribution in [-0.4, -0.2) is 53.6 Å². The number of anilines is 3. The maximum Gasteiger partial charge on any atom is 0.169 e. The van der Waals surface area contributed by atoms with Crippen LogP contribution in [0.1, 0.15) is 20.8 Å². The Morgan fingerprint density at radius 2 is 1.80 bits per heavy atom. The minimum atomic E-state index is -0.0641. The van der Waals surface area contributed by atoms with E-state index in [0.29, 0.717) is 11.5 Å². The summed E-state index contributed by atoms with van der Waals surface area (Å²) in [5, 5.41) is 0. The first-order chi connectivity index (χ1) is 9.37. The fourth-order valence-corrected chi connectivity index (χ4v) is 2.00. The van der Waals surface area contributed by atoms with Crippen LogP contribution in [0.3, 0.4) is 0 Å². The Kier molecular flexibility index (Phi) is 4.29. The van der Waals surface area contributed by atoms with Crippen molar-refractivity contribution >= 4 is 17.3 Å². The Balaban J connectivity index is 2.11. The molecule has 0 aromatic carbocycles. The number of aromatic nitrogens is 2. The van der Waals surface area contributed by atoms with Gasteiger partial charge in [-0.2, -0.15) is 0 Å². The lowest BCUT2D eigenvalue weighted by Gasteiger charge is -2.34. The topological polar surface area (TPSA) is 82.3 Å². The molecule has 1 aliphatic rings. The van der Waals surface area contributed by atoms with E-state index in [1.54, 1.807) is 6.33 Å². The molecule has 2 heterocycles. The number of nitrogens with two attached hydrogens (primary N) is 1. The number of nitrogens with one attached hydrogen (secondary N) is 2. The van der Waals surface area contributed by atoms with Gasteiger partial charge in [0.2, 0.25) is 0 Å². The summed E-state index contributed by atoms with van der Waals surface area (Å²) in [7, 11) is 2.13. The zero-order chi connectivity index (χ0) is 14.8. The Bertz CT molecular complexity index is 447. The fourth-order valence-electron chi connectivity index (χ4n) is 2.00. The van der Waals surface area contributed by atoms with E-state index in [-0.39, 0.29) is 5.54 Å². The Hall–Kier alpha value is -1.60. The molecule has 0 amide bonds. The van der Waals surface area contributed by atoms with Crippen LogP contribution in [0.5, 0.6) is 0 Å². The van der Waals surface area contributed by atoms with Crippen LogP contribution < -0.4 is 21.5 Å². The number of hydrogen-bond donors (Lipinski definition) is 3. The summed E-state index contributed by atoms with van der Waals surface area (Å²) in [6, 6.07) is 0. The molecule has 1 saturated heterocycles. The summed E-state index contributed by atoms with van der Waals surface area (Å²) in [4.78, 5) is 13.0. The number of nitrogen functional groups attached to an aromatic ring is 1. The minimum Gasteiger partial charge on any atom is -0.393 e. The van der Waals surface area contributed by atoms with Crippen molar-refractivity contribution in [2.75, 3.05) is 49.3 Å². The van der Waals surface area contributed by atoms with Crippen molar-refractivity contribution in [3.05, 3.63) is 6.33 Å².